The Morgan fingerprint density at radius 3 is 2.83 bits per heavy atom. The van der Waals surface area contributed by atoms with Crippen molar-refractivity contribution in [1.82, 2.24) is 15.2 Å². The average molecular weight is 412 g/mol. The molecule has 0 radical (unpaired) electrons. The van der Waals surface area contributed by atoms with Gasteiger partial charge in [0.25, 0.3) is 0 Å². The second-order valence-electron chi connectivity index (χ2n) is 7.41. The zero-order valence-corrected chi connectivity index (χ0v) is 17.1. The molecule has 3 aromatic rings. The standard InChI is InChI=1S/C23H26ClN3O2/c24-18-5-3-4-17(14-18)20(21-16-26-22-7-2-1-6-19(21)22)15-23(28)25-8-9-27-10-12-29-13-11-27/h1-7,14,16,20,26H,8-13,15H2,(H,25,28). The van der Waals surface area contributed by atoms with E-state index in [4.69, 9.17) is 16.3 Å². The van der Waals surface area contributed by atoms with Gasteiger partial charge < -0.3 is 15.0 Å². The van der Waals surface area contributed by atoms with Gasteiger partial charge in [0, 0.05) is 60.6 Å². The molecule has 6 heteroatoms. The Hall–Kier alpha value is -2.34. The molecule has 2 aromatic carbocycles. The lowest BCUT2D eigenvalue weighted by atomic mass is 9.88. The lowest BCUT2D eigenvalue weighted by Gasteiger charge is -2.26. The van der Waals surface area contributed by atoms with Gasteiger partial charge in [0.2, 0.25) is 5.91 Å². The number of amides is 1. The number of hydrogen-bond donors (Lipinski definition) is 2. The van der Waals surface area contributed by atoms with Crippen LogP contribution in [0.1, 0.15) is 23.5 Å². The van der Waals surface area contributed by atoms with E-state index in [-0.39, 0.29) is 11.8 Å². The summed E-state index contributed by atoms with van der Waals surface area (Å²) in [7, 11) is 0. The summed E-state index contributed by atoms with van der Waals surface area (Å²) in [6.45, 7) is 4.89. The number of aromatic nitrogens is 1. The molecule has 0 aliphatic carbocycles. The van der Waals surface area contributed by atoms with Crippen molar-refractivity contribution in [2.75, 3.05) is 39.4 Å². The normalized spacial score (nSPS) is 16.0. The number of morpholine rings is 1. The monoisotopic (exact) mass is 411 g/mol. The number of fused-ring (bicyclic) bond motifs is 1. The maximum absolute atomic E-state index is 12.8. The largest absolute Gasteiger partial charge is 0.379 e. The number of para-hydroxylation sites is 1. The van der Waals surface area contributed by atoms with Crippen molar-refractivity contribution < 1.29 is 9.53 Å². The molecular formula is C23H26ClN3O2. The minimum absolute atomic E-state index is 0.0496. The smallest absolute Gasteiger partial charge is 0.220 e. The minimum atomic E-state index is -0.0618. The molecule has 5 nitrogen and oxygen atoms in total. The molecule has 1 aromatic heterocycles. The fourth-order valence-corrected chi connectivity index (χ4v) is 4.15. The molecule has 1 aliphatic rings. The fourth-order valence-electron chi connectivity index (χ4n) is 3.95. The first-order valence-electron chi connectivity index (χ1n) is 10.1. The first-order valence-corrected chi connectivity index (χ1v) is 10.5. The molecule has 29 heavy (non-hydrogen) atoms. The number of rotatable bonds is 7. The maximum Gasteiger partial charge on any atom is 0.220 e. The van der Waals surface area contributed by atoms with Gasteiger partial charge in [-0.15, -0.1) is 0 Å². The number of H-pyrrole nitrogens is 1. The molecule has 1 saturated heterocycles. The van der Waals surface area contributed by atoms with Gasteiger partial charge >= 0.3 is 0 Å². The van der Waals surface area contributed by atoms with Gasteiger partial charge in [-0.1, -0.05) is 41.9 Å². The molecule has 1 aliphatic heterocycles. The first-order chi connectivity index (χ1) is 14.2. The number of nitrogens with zero attached hydrogens (tertiary/aromatic N) is 1. The third-order valence-corrected chi connectivity index (χ3v) is 5.73. The second kappa shape index (κ2) is 9.44. The highest BCUT2D eigenvalue weighted by atomic mass is 35.5. The quantitative estimate of drug-likeness (QED) is 0.621. The molecule has 0 spiro atoms. The number of hydrogen-bond acceptors (Lipinski definition) is 3. The molecule has 1 unspecified atom stereocenters. The van der Waals surface area contributed by atoms with Crippen LogP contribution in [0, 0.1) is 0 Å². The van der Waals surface area contributed by atoms with Gasteiger partial charge in [-0.05, 0) is 29.3 Å². The van der Waals surface area contributed by atoms with Gasteiger partial charge in [-0.3, -0.25) is 9.69 Å². The van der Waals surface area contributed by atoms with Crippen LogP contribution >= 0.6 is 11.6 Å². The van der Waals surface area contributed by atoms with Gasteiger partial charge in [-0.2, -0.15) is 0 Å². The summed E-state index contributed by atoms with van der Waals surface area (Å²) in [6.07, 6.45) is 2.39. The van der Waals surface area contributed by atoms with Gasteiger partial charge in [0.15, 0.2) is 0 Å². The van der Waals surface area contributed by atoms with Crippen LogP contribution in [0.25, 0.3) is 10.9 Å². The van der Waals surface area contributed by atoms with Gasteiger partial charge in [0.1, 0.15) is 0 Å². The Labute approximate surface area is 176 Å². The lowest BCUT2D eigenvalue weighted by molar-refractivity contribution is -0.121. The SMILES string of the molecule is O=C(CC(c1cccc(Cl)c1)c1c[nH]c2ccccc12)NCCN1CCOCC1. The van der Waals surface area contributed by atoms with E-state index in [1.807, 2.05) is 42.6 Å². The van der Waals surface area contributed by atoms with E-state index >= 15 is 0 Å². The molecule has 1 amide bonds. The average Bonchev–Trinajstić information content (AvgIpc) is 3.17. The molecular weight excluding hydrogens is 386 g/mol. The molecule has 0 saturated carbocycles. The summed E-state index contributed by atoms with van der Waals surface area (Å²) in [5.41, 5.74) is 3.24. The van der Waals surface area contributed by atoms with Crippen LogP contribution in [-0.2, 0) is 9.53 Å². The highest BCUT2D eigenvalue weighted by Gasteiger charge is 2.22. The predicted octanol–water partition coefficient (Wildman–Crippen LogP) is 3.79. The fraction of sp³-hybridized carbons (Fsp3) is 0.348. The minimum Gasteiger partial charge on any atom is -0.379 e. The van der Waals surface area contributed by atoms with E-state index in [0.717, 1.165) is 54.9 Å². The second-order valence-corrected chi connectivity index (χ2v) is 7.84. The number of ether oxygens (including phenoxy) is 1. The van der Waals surface area contributed by atoms with Crippen LogP contribution in [0.2, 0.25) is 5.02 Å². The van der Waals surface area contributed by atoms with Crippen molar-refractivity contribution in [1.29, 1.82) is 0 Å². The van der Waals surface area contributed by atoms with E-state index in [2.05, 4.69) is 27.3 Å². The highest BCUT2D eigenvalue weighted by Crippen LogP contribution is 2.34. The van der Waals surface area contributed by atoms with Crippen LogP contribution in [0.3, 0.4) is 0 Å². The van der Waals surface area contributed by atoms with Crippen LogP contribution < -0.4 is 5.32 Å². The molecule has 152 valence electrons. The number of carbonyl (C=O) groups is 1. The number of halogens is 1. The Bertz CT molecular complexity index is 965. The zero-order valence-electron chi connectivity index (χ0n) is 16.4. The highest BCUT2D eigenvalue weighted by molar-refractivity contribution is 6.30. The van der Waals surface area contributed by atoms with E-state index in [0.29, 0.717) is 18.0 Å². The Morgan fingerprint density at radius 2 is 2.00 bits per heavy atom. The summed E-state index contributed by atoms with van der Waals surface area (Å²) >= 11 is 6.25. The summed E-state index contributed by atoms with van der Waals surface area (Å²) in [5.74, 6) is -0.0123. The van der Waals surface area contributed by atoms with Crippen molar-refractivity contribution in [2.45, 2.75) is 12.3 Å². The lowest BCUT2D eigenvalue weighted by Crippen LogP contribution is -2.41. The van der Waals surface area contributed by atoms with E-state index < -0.39 is 0 Å². The number of benzene rings is 2. The summed E-state index contributed by atoms with van der Waals surface area (Å²) in [5, 5.41) is 4.91. The van der Waals surface area contributed by atoms with Crippen molar-refractivity contribution in [2.24, 2.45) is 0 Å². The maximum atomic E-state index is 12.8. The van der Waals surface area contributed by atoms with Gasteiger partial charge in [-0.25, -0.2) is 0 Å². The number of nitrogens with one attached hydrogen (secondary N) is 2. The Morgan fingerprint density at radius 1 is 1.17 bits per heavy atom. The molecule has 0 bridgehead atoms. The van der Waals surface area contributed by atoms with Crippen LogP contribution in [-0.4, -0.2) is 55.2 Å². The molecule has 1 fully saturated rings. The van der Waals surface area contributed by atoms with Crippen molar-refractivity contribution >= 4 is 28.4 Å². The predicted molar refractivity (Wildman–Crippen MR) is 116 cm³/mol. The van der Waals surface area contributed by atoms with Crippen molar-refractivity contribution in [3.8, 4) is 0 Å². The van der Waals surface area contributed by atoms with Crippen molar-refractivity contribution in [3.63, 3.8) is 0 Å². The molecule has 4 rings (SSSR count). The Kier molecular flexibility index (Phi) is 6.49. The molecule has 2 N–H and O–H groups in total. The summed E-state index contributed by atoms with van der Waals surface area (Å²) in [6, 6.07) is 16.0. The number of aromatic amines is 1. The van der Waals surface area contributed by atoms with E-state index in [1.165, 1.54) is 0 Å². The van der Waals surface area contributed by atoms with Crippen LogP contribution in [0.15, 0.2) is 54.7 Å². The summed E-state index contributed by atoms with van der Waals surface area (Å²) < 4.78 is 5.37. The van der Waals surface area contributed by atoms with Crippen LogP contribution in [0.5, 0.6) is 0 Å². The van der Waals surface area contributed by atoms with Crippen LogP contribution in [0.4, 0.5) is 0 Å². The van der Waals surface area contributed by atoms with Gasteiger partial charge in [0.05, 0.1) is 13.2 Å². The topological polar surface area (TPSA) is 57.4 Å². The number of carbonyl (C=O) groups excluding carboxylic acids is 1. The third-order valence-electron chi connectivity index (χ3n) is 5.49. The molecule has 2 heterocycles. The zero-order chi connectivity index (χ0) is 20.1. The van der Waals surface area contributed by atoms with E-state index in [9.17, 15) is 4.79 Å². The first kappa shape index (κ1) is 20.0. The Balaban J connectivity index is 1.49. The summed E-state index contributed by atoms with van der Waals surface area (Å²) in [4.78, 5) is 18.4. The third kappa shape index (κ3) is 4.99. The molecule has 1 atom stereocenters. The van der Waals surface area contributed by atoms with Crippen molar-refractivity contribution in [3.05, 3.63) is 70.9 Å². The van der Waals surface area contributed by atoms with E-state index in [1.54, 1.807) is 0 Å².